The van der Waals surface area contributed by atoms with Gasteiger partial charge in [0, 0.05) is 19.0 Å². The third-order valence-corrected chi connectivity index (χ3v) is 6.96. The fourth-order valence-corrected chi connectivity index (χ4v) is 5.28. The Balaban J connectivity index is 1.34. The standard InChI is InChI=1S/C24H19ClN8O2S/c1-12-18(21(34)30-24-28-15-8-4-6-10-17(15)36-24)20(19-13(25)11-33(2)32-19)29-22(26-12)31-23-27-14-7-3-5-9-16(14)35-23/h3-11,18,20H,1-2H3,(H,27,29,31)(H,28,30,34). The molecule has 0 bridgehead atoms. The van der Waals surface area contributed by atoms with E-state index < -0.39 is 12.0 Å². The van der Waals surface area contributed by atoms with Crippen LogP contribution in [-0.2, 0) is 11.8 Å². The average Bonchev–Trinajstić information content (AvgIpc) is 3.53. The lowest BCUT2D eigenvalue weighted by Gasteiger charge is -2.26. The van der Waals surface area contributed by atoms with Crippen LogP contribution in [0, 0.1) is 5.92 Å². The number of guanidine groups is 1. The Bertz CT molecular complexity index is 1620. The first kappa shape index (κ1) is 22.4. The van der Waals surface area contributed by atoms with Crippen LogP contribution in [0.15, 0.2) is 69.1 Å². The van der Waals surface area contributed by atoms with E-state index in [0.717, 1.165) is 10.2 Å². The number of nitrogens with one attached hydrogen (secondary N) is 2. The molecule has 12 heteroatoms. The molecule has 0 fully saturated rings. The van der Waals surface area contributed by atoms with Crippen LogP contribution in [0.3, 0.4) is 0 Å². The molecule has 180 valence electrons. The molecule has 2 N–H and O–H groups in total. The second kappa shape index (κ2) is 8.85. The quantitative estimate of drug-likeness (QED) is 0.342. The van der Waals surface area contributed by atoms with Crippen LogP contribution in [-0.4, -0.2) is 37.3 Å². The Hall–Kier alpha value is -4.09. The molecule has 1 amide bonds. The number of hydrogen-bond donors (Lipinski definition) is 2. The summed E-state index contributed by atoms with van der Waals surface area (Å²) in [5.41, 5.74) is 3.16. The summed E-state index contributed by atoms with van der Waals surface area (Å²) in [7, 11) is 1.76. The van der Waals surface area contributed by atoms with Crippen LogP contribution < -0.4 is 10.6 Å². The van der Waals surface area contributed by atoms with Gasteiger partial charge in [-0.2, -0.15) is 10.1 Å². The first-order valence-corrected chi connectivity index (χ1v) is 12.2. The van der Waals surface area contributed by atoms with Crippen molar-refractivity contribution in [2.45, 2.75) is 13.0 Å². The molecule has 0 aliphatic carbocycles. The number of rotatable bonds is 4. The molecule has 1 aliphatic heterocycles. The molecule has 0 saturated carbocycles. The van der Waals surface area contributed by atoms with E-state index in [0.29, 0.717) is 32.7 Å². The number of benzene rings is 2. The summed E-state index contributed by atoms with van der Waals surface area (Å²) in [5, 5.41) is 11.3. The minimum absolute atomic E-state index is 0.245. The van der Waals surface area contributed by atoms with E-state index in [1.165, 1.54) is 11.3 Å². The lowest BCUT2D eigenvalue weighted by atomic mass is 9.91. The molecule has 0 radical (unpaired) electrons. The predicted octanol–water partition coefficient (Wildman–Crippen LogP) is 5.06. The van der Waals surface area contributed by atoms with E-state index in [4.69, 9.17) is 21.0 Å². The van der Waals surface area contributed by atoms with Gasteiger partial charge >= 0.3 is 6.01 Å². The minimum Gasteiger partial charge on any atom is -0.423 e. The molecule has 5 aromatic rings. The topological polar surface area (TPSA) is 123 Å². The van der Waals surface area contributed by atoms with E-state index in [1.807, 2.05) is 48.5 Å². The minimum atomic E-state index is -0.751. The molecular formula is C24H19ClN8O2S. The van der Waals surface area contributed by atoms with Gasteiger partial charge in [-0.25, -0.2) is 15.0 Å². The number of aromatic nitrogens is 4. The van der Waals surface area contributed by atoms with Crippen LogP contribution in [0.5, 0.6) is 0 Å². The number of thiazole rings is 1. The number of nitrogens with zero attached hydrogens (tertiary/aromatic N) is 6. The third-order valence-electron chi connectivity index (χ3n) is 5.72. The van der Waals surface area contributed by atoms with Crippen molar-refractivity contribution < 1.29 is 9.21 Å². The monoisotopic (exact) mass is 518 g/mol. The molecule has 6 rings (SSSR count). The molecule has 3 aromatic heterocycles. The SMILES string of the molecule is CC1=NC(Nc2nc3ccccc3o2)=NC(c2nn(C)cc2Cl)C1C(=O)Nc1nc2ccccc2s1. The van der Waals surface area contributed by atoms with Gasteiger partial charge in [-0.1, -0.05) is 47.2 Å². The number of halogens is 1. The predicted molar refractivity (Wildman–Crippen MR) is 141 cm³/mol. The Morgan fingerprint density at radius 1 is 1.11 bits per heavy atom. The van der Waals surface area contributed by atoms with Gasteiger partial charge in [-0.3, -0.25) is 14.8 Å². The number of carbonyl (C=O) groups is 1. The molecule has 10 nitrogen and oxygen atoms in total. The molecule has 1 aliphatic rings. The van der Waals surface area contributed by atoms with Crippen LogP contribution in [0.25, 0.3) is 21.3 Å². The molecule has 2 atom stereocenters. The van der Waals surface area contributed by atoms with Gasteiger partial charge in [0.25, 0.3) is 0 Å². The smallest absolute Gasteiger partial charge is 0.302 e. The van der Waals surface area contributed by atoms with Gasteiger partial charge in [0.05, 0.1) is 15.2 Å². The summed E-state index contributed by atoms with van der Waals surface area (Å²) in [4.78, 5) is 31.7. The molecular weight excluding hydrogens is 500 g/mol. The zero-order valence-electron chi connectivity index (χ0n) is 19.1. The van der Waals surface area contributed by atoms with Gasteiger partial charge in [0.1, 0.15) is 23.2 Å². The zero-order valence-corrected chi connectivity index (χ0v) is 20.7. The molecule has 36 heavy (non-hydrogen) atoms. The summed E-state index contributed by atoms with van der Waals surface area (Å²) < 4.78 is 8.32. The highest BCUT2D eigenvalue weighted by molar-refractivity contribution is 7.22. The number of oxazole rings is 1. The van der Waals surface area contributed by atoms with Crippen LogP contribution >= 0.6 is 22.9 Å². The number of amides is 1. The fraction of sp³-hybridized carbons (Fsp3) is 0.167. The first-order chi connectivity index (χ1) is 17.4. The van der Waals surface area contributed by atoms with Gasteiger partial charge in [-0.15, -0.1) is 0 Å². The van der Waals surface area contributed by atoms with Crippen molar-refractivity contribution in [3.8, 4) is 0 Å². The highest BCUT2D eigenvalue weighted by atomic mass is 35.5. The first-order valence-electron chi connectivity index (χ1n) is 11.1. The molecule has 2 aromatic carbocycles. The average molecular weight is 519 g/mol. The molecule has 0 spiro atoms. The second-order valence-corrected chi connectivity index (χ2v) is 9.69. The highest BCUT2D eigenvalue weighted by Gasteiger charge is 2.38. The van der Waals surface area contributed by atoms with E-state index in [9.17, 15) is 4.79 Å². The third kappa shape index (κ3) is 4.12. The van der Waals surface area contributed by atoms with E-state index in [2.05, 4.69) is 30.7 Å². The number of aryl methyl sites for hydroxylation is 1. The van der Waals surface area contributed by atoms with Crippen molar-refractivity contribution in [2.75, 3.05) is 10.6 Å². The van der Waals surface area contributed by atoms with Crippen molar-refractivity contribution >= 4 is 73.0 Å². The molecule has 0 saturated heterocycles. The van der Waals surface area contributed by atoms with Gasteiger partial charge in [0.15, 0.2) is 10.7 Å². The Morgan fingerprint density at radius 2 is 1.89 bits per heavy atom. The lowest BCUT2D eigenvalue weighted by molar-refractivity contribution is -0.118. The van der Waals surface area contributed by atoms with Crippen LogP contribution in [0.4, 0.5) is 11.1 Å². The van der Waals surface area contributed by atoms with E-state index in [1.54, 1.807) is 24.9 Å². The summed E-state index contributed by atoms with van der Waals surface area (Å²) in [6.07, 6.45) is 1.67. The van der Waals surface area contributed by atoms with Gasteiger partial charge in [-0.05, 0) is 31.2 Å². The summed E-state index contributed by atoms with van der Waals surface area (Å²) in [5.74, 6) is -0.805. The van der Waals surface area contributed by atoms with Crippen molar-refractivity contribution in [3.63, 3.8) is 0 Å². The number of para-hydroxylation sites is 3. The zero-order chi connectivity index (χ0) is 24.8. The van der Waals surface area contributed by atoms with Crippen molar-refractivity contribution in [1.82, 2.24) is 19.7 Å². The van der Waals surface area contributed by atoms with Gasteiger partial charge in [0.2, 0.25) is 11.9 Å². The Kier molecular flexibility index (Phi) is 5.50. The van der Waals surface area contributed by atoms with Crippen molar-refractivity contribution in [2.24, 2.45) is 23.0 Å². The summed E-state index contributed by atoms with van der Waals surface area (Å²) in [6.45, 7) is 1.77. The number of fused-ring (bicyclic) bond motifs is 2. The number of carbonyl (C=O) groups excluding carboxylic acids is 1. The van der Waals surface area contributed by atoms with Crippen molar-refractivity contribution in [1.29, 1.82) is 0 Å². The Morgan fingerprint density at radius 3 is 2.64 bits per heavy atom. The Labute approximate surface area is 213 Å². The van der Waals surface area contributed by atoms with E-state index >= 15 is 0 Å². The lowest BCUT2D eigenvalue weighted by Crippen LogP contribution is -2.37. The normalized spacial score (nSPS) is 17.8. The molecule has 4 heterocycles. The fourth-order valence-electron chi connectivity index (χ4n) is 4.12. The maximum atomic E-state index is 13.5. The van der Waals surface area contributed by atoms with Gasteiger partial charge < -0.3 is 9.73 Å². The highest BCUT2D eigenvalue weighted by Crippen LogP contribution is 2.36. The summed E-state index contributed by atoms with van der Waals surface area (Å²) >= 11 is 7.89. The number of anilines is 2. The maximum Gasteiger partial charge on any atom is 0.302 e. The van der Waals surface area contributed by atoms with Crippen molar-refractivity contribution in [3.05, 3.63) is 65.4 Å². The largest absolute Gasteiger partial charge is 0.423 e. The number of aliphatic imine (C=N–C) groups is 2. The van der Waals surface area contributed by atoms with E-state index in [-0.39, 0.29) is 17.9 Å². The molecule has 2 unspecified atom stereocenters. The summed E-state index contributed by atoms with van der Waals surface area (Å²) in [6, 6.07) is 14.6. The maximum absolute atomic E-state index is 13.5. The van der Waals surface area contributed by atoms with Crippen LogP contribution in [0.2, 0.25) is 5.02 Å². The number of hydrogen-bond acceptors (Lipinski definition) is 9. The van der Waals surface area contributed by atoms with Crippen LogP contribution in [0.1, 0.15) is 18.7 Å². The second-order valence-electron chi connectivity index (χ2n) is 8.25.